The van der Waals surface area contributed by atoms with E-state index in [1.165, 1.54) is 0 Å². The third kappa shape index (κ3) is 6.30. The normalized spacial score (nSPS) is 11.6. The molecule has 132 valence electrons. The van der Waals surface area contributed by atoms with Gasteiger partial charge in [0.15, 0.2) is 0 Å². The third-order valence-corrected chi connectivity index (χ3v) is 3.94. The highest BCUT2D eigenvalue weighted by Crippen LogP contribution is 2.13. The minimum atomic E-state index is -1.02. The van der Waals surface area contributed by atoms with Crippen molar-refractivity contribution in [3.05, 3.63) is 65.7 Å². The van der Waals surface area contributed by atoms with Gasteiger partial charge in [-0.2, -0.15) is 0 Å². The van der Waals surface area contributed by atoms with Crippen molar-refractivity contribution < 1.29 is 19.4 Å². The van der Waals surface area contributed by atoms with Gasteiger partial charge in [0, 0.05) is 12.8 Å². The van der Waals surface area contributed by atoms with E-state index in [1.807, 2.05) is 54.6 Å². The van der Waals surface area contributed by atoms with Gasteiger partial charge < -0.3 is 15.2 Å². The minimum Gasteiger partial charge on any atom is -0.497 e. The summed E-state index contributed by atoms with van der Waals surface area (Å²) in [6.45, 7) is 0. The summed E-state index contributed by atoms with van der Waals surface area (Å²) in [6, 6.07) is 16.1. The first-order valence-corrected chi connectivity index (χ1v) is 8.27. The number of carboxylic acids is 1. The lowest BCUT2D eigenvalue weighted by Gasteiger charge is -2.14. The van der Waals surface area contributed by atoms with E-state index >= 15 is 0 Å². The lowest BCUT2D eigenvalue weighted by atomic mass is 10.0. The van der Waals surface area contributed by atoms with E-state index in [-0.39, 0.29) is 12.3 Å². The van der Waals surface area contributed by atoms with Crippen molar-refractivity contribution >= 4 is 11.9 Å². The number of rotatable bonds is 9. The molecular formula is C20H23NO4. The number of benzene rings is 2. The first kappa shape index (κ1) is 18.5. The van der Waals surface area contributed by atoms with Crippen LogP contribution in [0, 0.1) is 0 Å². The Kier molecular flexibility index (Phi) is 7.01. The molecule has 0 fully saturated rings. The average Bonchev–Trinajstić information content (AvgIpc) is 2.62. The van der Waals surface area contributed by atoms with E-state index in [0.717, 1.165) is 23.3 Å². The van der Waals surface area contributed by atoms with Gasteiger partial charge in [-0.15, -0.1) is 0 Å². The number of carbonyl (C=O) groups is 2. The molecule has 25 heavy (non-hydrogen) atoms. The fourth-order valence-electron chi connectivity index (χ4n) is 2.56. The van der Waals surface area contributed by atoms with Gasteiger partial charge in [-0.05, 0) is 36.1 Å². The molecule has 2 aromatic rings. The van der Waals surface area contributed by atoms with Crippen molar-refractivity contribution in [2.24, 2.45) is 0 Å². The zero-order valence-electron chi connectivity index (χ0n) is 14.3. The Morgan fingerprint density at radius 3 is 2.32 bits per heavy atom. The average molecular weight is 341 g/mol. The predicted octanol–water partition coefficient (Wildman–Crippen LogP) is 2.83. The molecule has 0 spiro atoms. The molecule has 5 nitrogen and oxygen atoms in total. The number of hydrogen-bond donors (Lipinski definition) is 2. The van der Waals surface area contributed by atoms with Crippen LogP contribution in [0.25, 0.3) is 0 Å². The maximum Gasteiger partial charge on any atom is 0.326 e. The van der Waals surface area contributed by atoms with Crippen molar-refractivity contribution in [3.8, 4) is 5.75 Å². The molecule has 1 atom stereocenters. The number of methoxy groups -OCH3 is 1. The molecule has 2 rings (SSSR count). The predicted molar refractivity (Wildman–Crippen MR) is 95.6 cm³/mol. The largest absolute Gasteiger partial charge is 0.497 e. The van der Waals surface area contributed by atoms with Crippen LogP contribution in [-0.2, 0) is 22.4 Å². The van der Waals surface area contributed by atoms with Crippen LogP contribution in [0.2, 0.25) is 0 Å². The Bertz CT molecular complexity index is 683. The lowest BCUT2D eigenvalue weighted by Crippen LogP contribution is -2.42. The van der Waals surface area contributed by atoms with Crippen LogP contribution in [0.1, 0.15) is 24.0 Å². The molecule has 0 aromatic heterocycles. The SMILES string of the molecule is COc1ccc(CCCC(=O)N[C@@H](Cc2ccccc2)C(=O)O)cc1. The monoisotopic (exact) mass is 341 g/mol. The number of hydrogen-bond acceptors (Lipinski definition) is 3. The second-order valence-corrected chi connectivity index (χ2v) is 5.85. The van der Waals surface area contributed by atoms with Crippen molar-refractivity contribution in [2.45, 2.75) is 31.7 Å². The number of amides is 1. The fraction of sp³-hybridized carbons (Fsp3) is 0.300. The van der Waals surface area contributed by atoms with Crippen LogP contribution in [0.15, 0.2) is 54.6 Å². The Morgan fingerprint density at radius 1 is 1.04 bits per heavy atom. The van der Waals surface area contributed by atoms with Crippen LogP contribution in [0.4, 0.5) is 0 Å². The van der Waals surface area contributed by atoms with Gasteiger partial charge in [0.1, 0.15) is 11.8 Å². The van der Waals surface area contributed by atoms with Gasteiger partial charge in [0.2, 0.25) is 5.91 Å². The number of carbonyl (C=O) groups excluding carboxylic acids is 1. The summed E-state index contributed by atoms with van der Waals surface area (Å²) < 4.78 is 5.11. The molecule has 0 aliphatic carbocycles. The highest BCUT2D eigenvalue weighted by molar-refractivity contribution is 5.83. The standard InChI is InChI=1S/C20H23NO4/c1-25-17-12-10-15(11-13-17)8-5-9-19(22)21-18(20(23)24)14-16-6-3-2-4-7-16/h2-4,6-7,10-13,18H,5,8-9,14H2,1H3,(H,21,22)(H,23,24)/t18-/m0/s1. The van der Waals surface area contributed by atoms with Gasteiger partial charge in [-0.25, -0.2) is 4.79 Å². The number of aryl methyl sites for hydroxylation is 1. The van der Waals surface area contributed by atoms with E-state index in [1.54, 1.807) is 7.11 Å². The molecular weight excluding hydrogens is 318 g/mol. The summed E-state index contributed by atoms with van der Waals surface area (Å²) in [5, 5.41) is 11.9. The summed E-state index contributed by atoms with van der Waals surface area (Å²) in [5.41, 5.74) is 2.00. The molecule has 2 aromatic carbocycles. The third-order valence-electron chi connectivity index (χ3n) is 3.94. The van der Waals surface area contributed by atoms with E-state index in [4.69, 9.17) is 4.74 Å². The summed E-state index contributed by atoms with van der Waals surface area (Å²) >= 11 is 0. The number of ether oxygens (including phenoxy) is 1. The number of aliphatic carboxylic acids is 1. The van der Waals surface area contributed by atoms with Crippen molar-refractivity contribution in [2.75, 3.05) is 7.11 Å². The van der Waals surface area contributed by atoms with E-state index < -0.39 is 12.0 Å². The van der Waals surface area contributed by atoms with Crippen LogP contribution in [-0.4, -0.2) is 30.1 Å². The van der Waals surface area contributed by atoms with E-state index in [9.17, 15) is 14.7 Å². The van der Waals surface area contributed by atoms with E-state index in [2.05, 4.69) is 5.32 Å². The number of carboxylic acid groups (broad SMARTS) is 1. The van der Waals surface area contributed by atoms with Crippen molar-refractivity contribution in [1.82, 2.24) is 5.32 Å². The first-order valence-electron chi connectivity index (χ1n) is 8.27. The molecule has 0 saturated heterocycles. The molecule has 2 N–H and O–H groups in total. The van der Waals surface area contributed by atoms with Crippen LogP contribution < -0.4 is 10.1 Å². The molecule has 0 unspecified atom stereocenters. The van der Waals surface area contributed by atoms with Gasteiger partial charge in [0.25, 0.3) is 0 Å². The van der Waals surface area contributed by atoms with Gasteiger partial charge in [0.05, 0.1) is 7.11 Å². The molecule has 0 saturated carbocycles. The molecule has 0 aliphatic rings. The summed E-state index contributed by atoms with van der Waals surface area (Å²) in [4.78, 5) is 23.4. The topological polar surface area (TPSA) is 75.6 Å². The van der Waals surface area contributed by atoms with Crippen molar-refractivity contribution in [1.29, 1.82) is 0 Å². The smallest absolute Gasteiger partial charge is 0.326 e. The summed E-state index contributed by atoms with van der Waals surface area (Å²) in [6.07, 6.45) is 1.99. The molecule has 0 heterocycles. The Morgan fingerprint density at radius 2 is 1.72 bits per heavy atom. The quantitative estimate of drug-likeness (QED) is 0.735. The van der Waals surface area contributed by atoms with Crippen LogP contribution in [0.5, 0.6) is 5.75 Å². The number of nitrogens with one attached hydrogen (secondary N) is 1. The fourth-order valence-corrected chi connectivity index (χ4v) is 2.56. The zero-order valence-corrected chi connectivity index (χ0v) is 14.3. The molecule has 1 amide bonds. The first-order chi connectivity index (χ1) is 12.1. The van der Waals surface area contributed by atoms with Crippen LogP contribution >= 0.6 is 0 Å². The molecule has 0 radical (unpaired) electrons. The Labute approximate surface area is 147 Å². The van der Waals surface area contributed by atoms with Gasteiger partial charge in [-0.1, -0.05) is 42.5 Å². The Balaban J connectivity index is 1.79. The van der Waals surface area contributed by atoms with Gasteiger partial charge >= 0.3 is 5.97 Å². The maximum atomic E-state index is 12.0. The minimum absolute atomic E-state index is 0.239. The van der Waals surface area contributed by atoms with E-state index in [0.29, 0.717) is 12.8 Å². The highest BCUT2D eigenvalue weighted by Gasteiger charge is 2.20. The zero-order chi connectivity index (χ0) is 18.1. The lowest BCUT2D eigenvalue weighted by molar-refractivity contribution is -0.141. The molecule has 0 bridgehead atoms. The summed E-state index contributed by atoms with van der Waals surface area (Å²) in [7, 11) is 1.62. The molecule has 5 heteroatoms. The summed E-state index contributed by atoms with van der Waals surface area (Å²) in [5.74, 6) is -0.462. The van der Waals surface area contributed by atoms with Crippen LogP contribution in [0.3, 0.4) is 0 Å². The second-order valence-electron chi connectivity index (χ2n) is 5.85. The second kappa shape index (κ2) is 9.47. The highest BCUT2D eigenvalue weighted by atomic mass is 16.5. The van der Waals surface area contributed by atoms with Gasteiger partial charge in [-0.3, -0.25) is 4.79 Å². The van der Waals surface area contributed by atoms with Crippen molar-refractivity contribution in [3.63, 3.8) is 0 Å². The maximum absolute atomic E-state index is 12.0. The molecule has 0 aliphatic heterocycles. The Hall–Kier alpha value is -2.82.